The van der Waals surface area contributed by atoms with Gasteiger partial charge in [0.05, 0.1) is 5.69 Å². The Bertz CT molecular complexity index is 292. The van der Waals surface area contributed by atoms with Crippen LogP contribution >= 0.6 is 0 Å². The summed E-state index contributed by atoms with van der Waals surface area (Å²) in [6.45, 7) is 7.20. The summed E-state index contributed by atoms with van der Waals surface area (Å²) >= 11 is 0. The number of phenolic OH excluding ortho intramolecular Hbond substituents is 1. The Labute approximate surface area is 66.2 Å². The molecule has 0 saturated heterocycles. The molecule has 58 valence electrons. The summed E-state index contributed by atoms with van der Waals surface area (Å²) in [5.41, 5.74) is 2.65. The predicted molar refractivity (Wildman–Crippen MR) is 46.8 cm³/mol. The quantitative estimate of drug-likeness (QED) is 0.611. The topological polar surface area (TPSA) is 32.6 Å². The van der Waals surface area contributed by atoms with Crippen LogP contribution in [0.3, 0.4) is 0 Å². The highest BCUT2D eigenvalue weighted by atomic mass is 16.3. The van der Waals surface area contributed by atoms with Crippen LogP contribution in [0.1, 0.15) is 11.1 Å². The van der Waals surface area contributed by atoms with E-state index in [2.05, 4.69) is 11.7 Å². The van der Waals surface area contributed by atoms with Crippen LogP contribution in [0.5, 0.6) is 5.75 Å². The number of hydrogen-bond acceptors (Lipinski definition) is 2. The molecule has 0 saturated carbocycles. The minimum absolute atomic E-state index is 0.276. The Hall–Kier alpha value is -1.31. The first kappa shape index (κ1) is 7.79. The number of nitrogens with zero attached hydrogens (tertiary/aromatic N) is 1. The molecule has 0 aliphatic carbocycles. The summed E-state index contributed by atoms with van der Waals surface area (Å²) in [5, 5.41) is 9.27. The second kappa shape index (κ2) is 2.74. The monoisotopic (exact) mass is 149 g/mol. The average Bonchev–Trinajstić information content (AvgIpc) is 1.97. The van der Waals surface area contributed by atoms with Gasteiger partial charge >= 0.3 is 0 Å². The van der Waals surface area contributed by atoms with Gasteiger partial charge in [0.2, 0.25) is 0 Å². The van der Waals surface area contributed by atoms with E-state index in [0.29, 0.717) is 0 Å². The Morgan fingerprint density at radius 1 is 1.27 bits per heavy atom. The van der Waals surface area contributed by atoms with Crippen LogP contribution in [0, 0.1) is 13.8 Å². The molecule has 0 fully saturated rings. The van der Waals surface area contributed by atoms with Crippen molar-refractivity contribution < 1.29 is 5.11 Å². The van der Waals surface area contributed by atoms with E-state index in [4.69, 9.17) is 0 Å². The molecule has 1 aromatic carbocycles. The van der Waals surface area contributed by atoms with Crippen molar-refractivity contribution in [3.63, 3.8) is 0 Å². The van der Waals surface area contributed by atoms with Crippen molar-refractivity contribution in [2.24, 2.45) is 4.99 Å². The van der Waals surface area contributed by atoms with Crippen LogP contribution in [0.2, 0.25) is 0 Å². The first-order valence-corrected chi connectivity index (χ1v) is 3.42. The molecular formula is C9H11NO. The number of aliphatic imine (C=N–C) groups is 1. The van der Waals surface area contributed by atoms with Gasteiger partial charge in [0.15, 0.2) is 0 Å². The second-order valence-corrected chi connectivity index (χ2v) is 2.58. The van der Waals surface area contributed by atoms with E-state index in [1.54, 1.807) is 6.07 Å². The Kier molecular flexibility index (Phi) is 1.94. The Balaban J connectivity index is 3.31. The SMILES string of the molecule is C=Nc1cc(O)c(C)cc1C. The number of aryl methyl sites for hydroxylation is 2. The minimum Gasteiger partial charge on any atom is -0.508 e. The van der Waals surface area contributed by atoms with Crippen LogP contribution in [-0.4, -0.2) is 11.8 Å². The molecule has 1 aromatic rings. The largest absolute Gasteiger partial charge is 0.508 e. The fraction of sp³-hybridized carbons (Fsp3) is 0.222. The number of aromatic hydroxyl groups is 1. The highest BCUT2D eigenvalue weighted by Gasteiger charge is 2.00. The Morgan fingerprint density at radius 2 is 1.91 bits per heavy atom. The second-order valence-electron chi connectivity index (χ2n) is 2.58. The molecule has 0 atom stereocenters. The predicted octanol–water partition coefficient (Wildman–Crippen LogP) is 2.34. The van der Waals surface area contributed by atoms with Gasteiger partial charge in [-0.3, -0.25) is 4.99 Å². The highest BCUT2D eigenvalue weighted by molar-refractivity contribution is 5.56. The van der Waals surface area contributed by atoms with Gasteiger partial charge in [0.25, 0.3) is 0 Å². The maximum absolute atomic E-state index is 9.27. The molecule has 0 unspecified atom stereocenters. The number of hydrogen-bond donors (Lipinski definition) is 1. The molecular weight excluding hydrogens is 138 g/mol. The summed E-state index contributed by atoms with van der Waals surface area (Å²) in [7, 11) is 0. The molecule has 2 nitrogen and oxygen atoms in total. The van der Waals surface area contributed by atoms with Gasteiger partial charge in [-0.25, -0.2) is 0 Å². The van der Waals surface area contributed by atoms with E-state index in [-0.39, 0.29) is 5.75 Å². The molecule has 0 aliphatic rings. The third-order valence-corrected chi connectivity index (χ3v) is 1.68. The third-order valence-electron chi connectivity index (χ3n) is 1.68. The van der Waals surface area contributed by atoms with Gasteiger partial charge in [-0.1, -0.05) is 6.07 Å². The minimum atomic E-state index is 0.276. The summed E-state index contributed by atoms with van der Waals surface area (Å²) in [6.07, 6.45) is 0. The van der Waals surface area contributed by atoms with E-state index in [1.165, 1.54) is 0 Å². The van der Waals surface area contributed by atoms with Gasteiger partial charge in [-0.2, -0.15) is 0 Å². The molecule has 1 N–H and O–H groups in total. The summed E-state index contributed by atoms with van der Waals surface area (Å²) < 4.78 is 0. The summed E-state index contributed by atoms with van der Waals surface area (Å²) in [5.74, 6) is 0.276. The first-order chi connectivity index (χ1) is 5.15. The van der Waals surface area contributed by atoms with Crippen molar-refractivity contribution in [2.75, 3.05) is 0 Å². The van der Waals surface area contributed by atoms with E-state index in [1.807, 2.05) is 19.9 Å². The Morgan fingerprint density at radius 3 is 2.45 bits per heavy atom. The standard InChI is InChI=1S/C9H11NO/c1-6-4-7(2)9(11)5-8(6)10-3/h4-5,11H,3H2,1-2H3. The molecule has 2 heteroatoms. The van der Waals surface area contributed by atoms with Crippen LogP contribution in [0.25, 0.3) is 0 Å². The lowest BCUT2D eigenvalue weighted by Crippen LogP contribution is -1.78. The van der Waals surface area contributed by atoms with E-state index in [0.717, 1.165) is 16.8 Å². The molecule has 1 rings (SSSR count). The molecule has 0 bridgehead atoms. The van der Waals surface area contributed by atoms with Crippen molar-refractivity contribution in [1.82, 2.24) is 0 Å². The highest BCUT2D eigenvalue weighted by Crippen LogP contribution is 2.26. The van der Waals surface area contributed by atoms with Crippen molar-refractivity contribution in [2.45, 2.75) is 13.8 Å². The smallest absolute Gasteiger partial charge is 0.120 e. The molecule has 0 aliphatic heterocycles. The molecule has 0 amide bonds. The van der Waals surface area contributed by atoms with Crippen molar-refractivity contribution in [3.05, 3.63) is 23.3 Å². The van der Waals surface area contributed by atoms with Gasteiger partial charge in [-0.05, 0) is 31.7 Å². The zero-order valence-corrected chi connectivity index (χ0v) is 6.76. The van der Waals surface area contributed by atoms with Crippen molar-refractivity contribution in [1.29, 1.82) is 0 Å². The normalized spacial score (nSPS) is 9.64. The first-order valence-electron chi connectivity index (χ1n) is 3.42. The lowest BCUT2D eigenvalue weighted by atomic mass is 10.1. The van der Waals surface area contributed by atoms with Gasteiger partial charge in [-0.15, -0.1) is 0 Å². The number of benzene rings is 1. The number of rotatable bonds is 1. The lowest BCUT2D eigenvalue weighted by Gasteiger charge is -2.02. The fourth-order valence-electron chi connectivity index (χ4n) is 1.00. The van der Waals surface area contributed by atoms with E-state index < -0.39 is 0 Å². The molecule has 11 heavy (non-hydrogen) atoms. The lowest BCUT2D eigenvalue weighted by molar-refractivity contribution is 0.471. The number of phenols is 1. The zero-order chi connectivity index (χ0) is 8.43. The average molecular weight is 149 g/mol. The third kappa shape index (κ3) is 1.40. The zero-order valence-electron chi connectivity index (χ0n) is 6.76. The summed E-state index contributed by atoms with van der Waals surface area (Å²) in [4.78, 5) is 3.76. The van der Waals surface area contributed by atoms with Crippen LogP contribution in [0.15, 0.2) is 17.1 Å². The molecule has 0 radical (unpaired) electrons. The van der Waals surface area contributed by atoms with Crippen LogP contribution < -0.4 is 0 Å². The van der Waals surface area contributed by atoms with E-state index in [9.17, 15) is 5.11 Å². The van der Waals surface area contributed by atoms with E-state index >= 15 is 0 Å². The molecule has 0 spiro atoms. The van der Waals surface area contributed by atoms with Gasteiger partial charge in [0.1, 0.15) is 5.75 Å². The maximum Gasteiger partial charge on any atom is 0.120 e. The molecule has 0 heterocycles. The van der Waals surface area contributed by atoms with Crippen LogP contribution in [0.4, 0.5) is 5.69 Å². The van der Waals surface area contributed by atoms with Crippen molar-refractivity contribution in [3.8, 4) is 5.75 Å². The van der Waals surface area contributed by atoms with Crippen molar-refractivity contribution >= 4 is 12.4 Å². The fourth-order valence-corrected chi connectivity index (χ4v) is 1.00. The maximum atomic E-state index is 9.27. The van der Waals surface area contributed by atoms with Crippen LogP contribution in [-0.2, 0) is 0 Å². The van der Waals surface area contributed by atoms with Gasteiger partial charge in [0, 0.05) is 6.07 Å². The molecule has 0 aromatic heterocycles. The summed E-state index contributed by atoms with van der Waals surface area (Å²) in [6, 6.07) is 3.51. The van der Waals surface area contributed by atoms with Gasteiger partial charge < -0.3 is 5.11 Å².